The molecular formula is C15H21ClN2O5S2. The summed E-state index contributed by atoms with van der Waals surface area (Å²) in [6.45, 7) is 0. The lowest BCUT2D eigenvalue weighted by Gasteiger charge is -2.37. The van der Waals surface area contributed by atoms with E-state index in [0.717, 1.165) is 12.8 Å². The third-order valence-corrected chi connectivity index (χ3v) is 7.98. The van der Waals surface area contributed by atoms with Gasteiger partial charge in [-0.05, 0) is 43.9 Å². The summed E-state index contributed by atoms with van der Waals surface area (Å²) in [5.74, 6) is 0.403. The van der Waals surface area contributed by atoms with Crippen molar-refractivity contribution in [1.29, 1.82) is 0 Å². The first-order valence-electron chi connectivity index (χ1n) is 7.96. The van der Waals surface area contributed by atoms with E-state index < -0.39 is 20.0 Å². The standard InChI is InChI=1S/C15H21ClN2O5S2/c1-23-15-6-5-13(9-14(15)16)25(21,22)17-10-7-11-3-4-12(8-10)18(11)24(2,19)20/h5-6,9-12,17H,3-4,7-8H2,1-2H3. The molecule has 7 nitrogen and oxygen atoms in total. The van der Waals surface area contributed by atoms with Crippen LogP contribution in [-0.4, -0.2) is 52.6 Å². The summed E-state index contributed by atoms with van der Waals surface area (Å²) < 4.78 is 58.4. The van der Waals surface area contributed by atoms with Gasteiger partial charge in [-0.25, -0.2) is 21.6 Å². The molecule has 1 N–H and O–H groups in total. The Bertz CT molecular complexity index is 858. The monoisotopic (exact) mass is 408 g/mol. The lowest BCUT2D eigenvalue weighted by atomic mass is 10.0. The Kier molecular flexibility index (Phi) is 5.06. The number of hydrogen-bond acceptors (Lipinski definition) is 5. The Morgan fingerprint density at radius 2 is 1.76 bits per heavy atom. The van der Waals surface area contributed by atoms with Crippen LogP contribution in [0.5, 0.6) is 5.75 Å². The Morgan fingerprint density at radius 3 is 2.24 bits per heavy atom. The predicted molar refractivity (Wildman–Crippen MR) is 94.8 cm³/mol. The van der Waals surface area contributed by atoms with Crippen LogP contribution >= 0.6 is 11.6 Å². The van der Waals surface area contributed by atoms with Gasteiger partial charge in [0.15, 0.2) is 0 Å². The largest absolute Gasteiger partial charge is 0.495 e. The molecule has 2 atom stereocenters. The molecule has 1 aromatic carbocycles. The number of ether oxygens (including phenoxy) is 1. The molecule has 0 amide bonds. The molecule has 2 saturated heterocycles. The van der Waals surface area contributed by atoms with E-state index in [4.69, 9.17) is 16.3 Å². The van der Waals surface area contributed by atoms with E-state index >= 15 is 0 Å². The Labute approximate surface area is 153 Å². The molecule has 0 spiro atoms. The molecule has 140 valence electrons. The summed E-state index contributed by atoms with van der Waals surface area (Å²) in [5, 5.41) is 0.220. The van der Waals surface area contributed by atoms with Crippen LogP contribution in [0.25, 0.3) is 0 Å². The zero-order valence-corrected chi connectivity index (χ0v) is 16.4. The zero-order chi connectivity index (χ0) is 18.4. The molecular weight excluding hydrogens is 388 g/mol. The van der Waals surface area contributed by atoms with Gasteiger partial charge in [0.2, 0.25) is 20.0 Å². The predicted octanol–water partition coefficient (Wildman–Crippen LogP) is 1.58. The molecule has 0 aliphatic carbocycles. The number of nitrogens with zero attached hydrogens (tertiary/aromatic N) is 1. The van der Waals surface area contributed by atoms with Crippen molar-refractivity contribution in [2.24, 2.45) is 0 Å². The molecule has 2 bridgehead atoms. The van der Waals surface area contributed by atoms with E-state index in [0.29, 0.717) is 18.6 Å². The van der Waals surface area contributed by atoms with Gasteiger partial charge in [-0.3, -0.25) is 0 Å². The fraction of sp³-hybridized carbons (Fsp3) is 0.600. The topological polar surface area (TPSA) is 92.8 Å². The van der Waals surface area contributed by atoms with Crippen molar-refractivity contribution in [3.8, 4) is 5.75 Å². The van der Waals surface area contributed by atoms with E-state index in [2.05, 4.69) is 4.72 Å². The summed E-state index contributed by atoms with van der Waals surface area (Å²) in [6.07, 6.45) is 3.70. The third-order valence-electron chi connectivity index (χ3n) is 4.80. The van der Waals surface area contributed by atoms with Gasteiger partial charge in [0, 0.05) is 18.1 Å². The zero-order valence-electron chi connectivity index (χ0n) is 14.0. The molecule has 0 aromatic heterocycles. The van der Waals surface area contributed by atoms with Crippen molar-refractivity contribution in [3.63, 3.8) is 0 Å². The average Bonchev–Trinajstić information content (AvgIpc) is 2.79. The second-order valence-corrected chi connectivity index (χ2v) is 10.6. The summed E-state index contributed by atoms with van der Waals surface area (Å²) >= 11 is 6.01. The first-order valence-corrected chi connectivity index (χ1v) is 11.7. The highest BCUT2D eigenvalue weighted by Crippen LogP contribution is 2.38. The van der Waals surface area contributed by atoms with Crippen molar-refractivity contribution >= 4 is 31.6 Å². The second-order valence-electron chi connectivity index (χ2n) is 6.56. The molecule has 25 heavy (non-hydrogen) atoms. The minimum atomic E-state index is -3.74. The van der Waals surface area contributed by atoms with Crippen LogP contribution in [0.15, 0.2) is 23.1 Å². The summed E-state index contributed by atoms with van der Waals surface area (Å²) in [4.78, 5) is 0.0659. The van der Waals surface area contributed by atoms with Crippen LogP contribution in [0.1, 0.15) is 25.7 Å². The molecule has 3 rings (SSSR count). The quantitative estimate of drug-likeness (QED) is 0.798. The van der Waals surface area contributed by atoms with Gasteiger partial charge < -0.3 is 4.74 Å². The van der Waals surface area contributed by atoms with Crippen molar-refractivity contribution < 1.29 is 21.6 Å². The molecule has 2 aliphatic heterocycles. The normalized spacial score (nSPS) is 27.4. The summed E-state index contributed by atoms with van der Waals surface area (Å²) in [6, 6.07) is 3.73. The number of fused-ring (bicyclic) bond motifs is 2. The molecule has 2 heterocycles. The fourth-order valence-corrected chi connectivity index (χ4v) is 6.95. The average molecular weight is 409 g/mol. The van der Waals surface area contributed by atoms with Crippen LogP contribution < -0.4 is 9.46 Å². The van der Waals surface area contributed by atoms with E-state index in [1.54, 1.807) is 4.31 Å². The lowest BCUT2D eigenvalue weighted by molar-refractivity contribution is 0.221. The van der Waals surface area contributed by atoms with Gasteiger partial charge in [0.1, 0.15) is 5.75 Å². The smallest absolute Gasteiger partial charge is 0.240 e. The minimum Gasteiger partial charge on any atom is -0.495 e. The number of piperidine rings is 1. The molecule has 0 saturated carbocycles. The van der Waals surface area contributed by atoms with E-state index in [-0.39, 0.29) is 28.0 Å². The van der Waals surface area contributed by atoms with Gasteiger partial charge in [-0.1, -0.05) is 11.6 Å². The maximum Gasteiger partial charge on any atom is 0.240 e. The fourth-order valence-electron chi connectivity index (χ4n) is 3.87. The van der Waals surface area contributed by atoms with E-state index in [1.807, 2.05) is 0 Å². The van der Waals surface area contributed by atoms with Crippen molar-refractivity contribution in [2.45, 2.75) is 48.7 Å². The van der Waals surface area contributed by atoms with Gasteiger partial charge >= 0.3 is 0 Å². The van der Waals surface area contributed by atoms with Crippen LogP contribution in [0.3, 0.4) is 0 Å². The van der Waals surface area contributed by atoms with Crippen molar-refractivity contribution in [1.82, 2.24) is 9.03 Å². The van der Waals surface area contributed by atoms with Gasteiger partial charge in [-0.2, -0.15) is 4.31 Å². The molecule has 0 radical (unpaired) electrons. The number of hydrogen-bond donors (Lipinski definition) is 1. The van der Waals surface area contributed by atoms with Gasteiger partial charge in [0.25, 0.3) is 0 Å². The van der Waals surface area contributed by atoms with Crippen LogP contribution in [0.2, 0.25) is 5.02 Å². The number of nitrogens with one attached hydrogen (secondary N) is 1. The lowest BCUT2D eigenvalue weighted by Crippen LogP contribution is -2.51. The highest BCUT2D eigenvalue weighted by atomic mass is 35.5. The van der Waals surface area contributed by atoms with E-state index in [9.17, 15) is 16.8 Å². The molecule has 2 aliphatic rings. The Morgan fingerprint density at radius 1 is 1.16 bits per heavy atom. The maximum absolute atomic E-state index is 12.6. The highest BCUT2D eigenvalue weighted by Gasteiger charge is 2.45. The Balaban J connectivity index is 1.76. The first kappa shape index (κ1) is 18.9. The number of halogens is 1. The highest BCUT2D eigenvalue weighted by molar-refractivity contribution is 7.89. The minimum absolute atomic E-state index is 0.0659. The maximum atomic E-state index is 12.6. The van der Waals surface area contributed by atoms with Crippen molar-refractivity contribution in [3.05, 3.63) is 23.2 Å². The Hall–Kier alpha value is -0.870. The number of benzene rings is 1. The van der Waals surface area contributed by atoms with Crippen molar-refractivity contribution in [2.75, 3.05) is 13.4 Å². The SMILES string of the molecule is COc1ccc(S(=O)(=O)NC2CC3CCC(C2)N3S(C)(=O)=O)cc1Cl. The van der Waals surface area contributed by atoms with Gasteiger partial charge in [-0.15, -0.1) is 0 Å². The second kappa shape index (κ2) is 6.70. The first-order chi connectivity index (χ1) is 11.6. The van der Waals surface area contributed by atoms with E-state index in [1.165, 1.54) is 31.6 Å². The van der Waals surface area contributed by atoms with Gasteiger partial charge in [0.05, 0.1) is 23.3 Å². The van der Waals surface area contributed by atoms with Crippen LogP contribution in [-0.2, 0) is 20.0 Å². The summed E-state index contributed by atoms with van der Waals surface area (Å²) in [7, 11) is -5.55. The molecule has 2 fully saturated rings. The number of methoxy groups -OCH3 is 1. The third kappa shape index (κ3) is 3.80. The summed E-state index contributed by atoms with van der Waals surface area (Å²) in [5.41, 5.74) is 0. The molecule has 2 unspecified atom stereocenters. The van der Waals surface area contributed by atoms with Crippen LogP contribution in [0.4, 0.5) is 0 Å². The number of rotatable bonds is 5. The number of sulfonamides is 2. The molecule has 1 aromatic rings. The molecule has 10 heteroatoms. The van der Waals surface area contributed by atoms with Crippen LogP contribution in [0, 0.1) is 0 Å².